The van der Waals surface area contributed by atoms with Crippen molar-refractivity contribution in [3.63, 3.8) is 0 Å². The molecule has 0 fully saturated rings. The Hall–Kier alpha value is -2.97. The second-order valence-electron chi connectivity index (χ2n) is 5.95. The highest BCUT2D eigenvalue weighted by molar-refractivity contribution is 7.91. The van der Waals surface area contributed by atoms with Crippen LogP contribution in [0.5, 0.6) is 0 Å². The van der Waals surface area contributed by atoms with E-state index in [1.54, 1.807) is 29.6 Å². The maximum Gasteiger partial charge on any atom is 0.337 e. The summed E-state index contributed by atoms with van der Waals surface area (Å²) in [7, 11) is -2.69. The SMILES string of the molecule is COC(=O)c1ccc(S(=O)(=O)c2ccc(C)cc2)c(NC(=O)c2cccs2)c1. The fourth-order valence-corrected chi connectivity index (χ4v) is 4.56. The molecule has 28 heavy (non-hydrogen) atoms. The summed E-state index contributed by atoms with van der Waals surface area (Å²) >= 11 is 1.22. The number of carbonyl (C=O) groups excluding carboxylic acids is 2. The number of thiophene rings is 1. The molecule has 0 aliphatic carbocycles. The van der Waals surface area contributed by atoms with Crippen molar-refractivity contribution in [1.29, 1.82) is 0 Å². The number of benzene rings is 2. The third-order valence-corrected chi connectivity index (χ3v) is 6.71. The molecule has 1 amide bonds. The molecular weight excluding hydrogens is 398 g/mol. The van der Waals surface area contributed by atoms with Crippen LogP contribution in [0.15, 0.2) is 69.8 Å². The van der Waals surface area contributed by atoms with E-state index in [2.05, 4.69) is 5.32 Å². The van der Waals surface area contributed by atoms with Crippen LogP contribution in [0.1, 0.15) is 25.6 Å². The molecule has 0 saturated heterocycles. The number of methoxy groups -OCH3 is 1. The lowest BCUT2D eigenvalue weighted by molar-refractivity contribution is 0.0600. The van der Waals surface area contributed by atoms with Gasteiger partial charge in [0.2, 0.25) is 9.84 Å². The molecule has 0 spiro atoms. The minimum Gasteiger partial charge on any atom is -0.465 e. The minimum absolute atomic E-state index is 0.0156. The predicted octanol–water partition coefficient (Wildman–Crippen LogP) is 3.93. The zero-order valence-corrected chi connectivity index (χ0v) is 16.8. The Kier molecular flexibility index (Phi) is 5.62. The number of sulfone groups is 1. The Morgan fingerprint density at radius 3 is 2.36 bits per heavy atom. The Labute approximate surface area is 166 Å². The Morgan fingerprint density at radius 1 is 1.04 bits per heavy atom. The fraction of sp³-hybridized carbons (Fsp3) is 0.100. The van der Waals surface area contributed by atoms with Gasteiger partial charge in [-0.25, -0.2) is 13.2 Å². The van der Waals surface area contributed by atoms with Crippen molar-refractivity contribution < 1.29 is 22.7 Å². The average Bonchev–Trinajstić information content (AvgIpc) is 3.22. The molecule has 144 valence electrons. The van der Waals surface area contributed by atoms with Crippen molar-refractivity contribution in [1.82, 2.24) is 0 Å². The molecule has 0 aliphatic rings. The molecule has 3 aromatic rings. The number of ether oxygens (including phenoxy) is 1. The van der Waals surface area contributed by atoms with Gasteiger partial charge in [-0.1, -0.05) is 23.8 Å². The first-order valence-corrected chi connectivity index (χ1v) is 10.6. The van der Waals surface area contributed by atoms with Crippen LogP contribution >= 0.6 is 11.3 Å². The lowest BCUT2D eigenvalue weighted by Crippen LogP contribution is -2.15. The number of esters is 1. The van der Waals surface area contributed by atoms with Gasteiger partial charge in [0.15, 0.2) is 0 Å². The van der Waals surface area contributed by atoms with Gasteiger partial charge in [-0.15, -0.1) is 11.3 Å². The summed E-state index contributed by atoms with van der Waals surface area (Å²) in [6.07, 6.45) is 0. The van der Waals surface area contributed by atoms with E-state index >= 15 is 0 Å². The Bertz CT molecular complexity index is 1120. The van der Waals surface area contributed by atoms with Crippen molar-refractivity contribution in [3.05, 3.63) is 76.0 Å². The number of carbonyl (C=O) groups is 2. The molecule has 8 heteroatoms. The van der Waals surface area contributed by atoms with Crippen molar-refractivity contribution in [3.8, 4) is 0 Å². The van der Waals surface area contributed by atoms with Crippen LogP contribution < -0.4 is 5.32 Å². The van der Waals surface area contributed by atoms with Crippen molar-refractivity contribution >= 4 is 38.7 Å². The van der Waals surface area contributed by atoms with Crippen molar-refractivity contribution in [2.75, 3.05) is 12.4 Å². The van der Waals surface area contributed by atoms with E-state index in [1.165, 1.54) is 48.8 Å². The van der Waals surface area contributed by atoms with Crippen LogP contribution in [0.4, 0.5) is 5.69 Å². The van der Waals surface area contributed by atoms with Crippen LogP contribution in [-0.4, -0.2) is 27.4 Å². The fourth-order valence-electron chi connectivity index (χ4n) is 2.54. The number of amides is 1. The molecule has 0 saturated carbocycles. The quantitative estimate of drug-likeness (QED) is 0.638. The molecule has 0 radical (unpaired) electrons. The van der Waals surface area contributed by atoms with Gasteiger partial charge in [-0.2, -0.15) is 0 Å². The molecule has 0 aliphatic heterocycles. The highest BCUT2D eigenvalue weighted by Crippen LogP contribution is 2.30. The average molecular weight is 415 g/mol. The zero-order chi connectivity index (χ0) is 20.3. The van der Waals surface area contributed by atoms with Gasteiger partial charge in [-0.05, 0) is 48.7 Å². The van der Waals surface area contributed by atoms with Crippen LogP contribution in [0.25, 0.3) is 0 Å². The number of rotatable bonds is 5. The highest BCUT2D eigenvalue weighted by atomic mass is 32.2. The monoisotopic (exact) mass is 415 g/mol. The van der Waals surface area contributed by atoms with E-state index in [-0.39, 0.29) is 21.0 Å². The summed E-state index contributed by atoms with van der Waals surface area (Å²) in [5.41, 5.74) is 1.07. The zero-order valence-electron chi connectivity index (χ0n) is 15.1. The first-order valence-electron chi connectivity index (χ1n) is 8.22. The smallest absolute Gasteiger partial charge is 0.337 e. The Morgan fingerprint density at radius 2 is 1.75 bits per heavy atom. The molecule has 0 bridgehead atoms. The van der Waals surface area contributed by atoms with E-state index in [9.17, 15) is 18.0 Å². The van der Waals surface area contributed by atoms with Gasteiger partial charge in [0, 0.05) is 0 Å². The van der Waals surface area contributed by atoms with E-state index in [4.69, 9.17) is 4.74 Å². The van der Waals surface area contributed by atoms with Crippen molar-refractivity contribution in [2.24, 2.45) is 0 Å². The van der Waals surface area contributed by atoms with Gasteiger partial charge in [-0.3, -0.25) is 4.79 Å². The molecular formula is C20H17NO5S2. The summed E-state index contributed by atoms with van der Waals surface area (Å²) in [6.45, 7) is 1.86. The largest absolute Gasteiger partial charge is 0.465 e. The maximum absolute atomic E-state index is 13.1. The minimum atomic E-state index is -3.91. The normalized spacial score (nSPS) is 11.1. The summed E-state index contributed by atoms with van der Waals surface area (Å²) < 4.78 is 30.9. The molecule has 1 aromatic heterocycles. The molecule has 1 N–H and O–H groups in total. The van der Waals surface area contributed by atoms with Crippen LogP contribution in [0, 0.1) is 6.92 Å². The number of nitrogens with one attached hydrogen (secondary N) is 1. The summed E-state index contributed by atoms with van der Waals surface area (Å²) in [5, 5.41) is 4.34. The molecule has 3 rings (SSSR count). The number of anilines is 1. The third kappa shape index (κ3) is 3.97. The van der Waals surface area contributed by atoms with Crippen LogP contribution in [0.2, 0.25) is 0 Å². The first kappa shape index (κ1) is 19.8. The lowest BCUT2D eigenvalue weighted by Gasteiger charge is -2.13. The van der Waals surface area contributed by atoms with Gasteiger partial charge in [0.1, 0.15) is 0 Å². The van der Waals surface area contributed by atoms with E-state index in [0.717, 1.165) is 5.56 Å². The second-order valence-corrected chi connectivity index (χ2v) is 8.82. The molecule has 1 heterocycles. The highest BCUT2D eigenvalue weighted by Gasteiger charge is 2.24. The summed E-state index contributed by atoms with van der Waals surface area (Å²) in [4.78, 5) is 24.7. The van der Waals surface area contributed by atoms with Gasteiger partial charge >= 0.3 is 5.97 Å². The van der Waals surface area contributed by atoms with Crippen LogP contribution in [0.3, 0.4) is 0 Å². The van der Waals surface area contributed by atoms with Gasteiger partial charge in [0.25, 0.3) is 5.91 Å². The van der Waals surface area contributed by atoms with Crippen LogP contribution in [-0.2, 0) is 14.6 Å². The third-order valence-electron chi connectivity index (χ3n) is 4.01. The molecule has 0 unspecified atom stereocenters. The number of aryl methyl sites for hydroxylation is 1. The Balaban J connectivity index is 2.10. The molecule has 0 atom stereocenters. The van der Waals surface area contributed by atoms with E-state index in [0.29, 0.717) is 4.88 Å². The second kappa shape index (κ2) is 7.95. The number of hydrogen-bond donors (Lipinski definition) is 1. The maximum atomic E-state index is 13.1. The van der Waals surface area contributed by atoms with Crippen molar-refractivity contribution in [2.45, 2.75) is 16.7 Å². The molecule has 6 nitrogen and oxygen atoms in total. The van der Waals surface area contributed by atoms with E-state index in [1.807, 2.05) is 6.92 Å². The predicted molar refractivity (Wildman–Crippen MR) is 107 cm³/mol. The first-order chi connectivity index (χ1) is 13.3. The number of hydrogen-bond acceptors (Lipinski definition) is 6. The topological polar surface area (TPSA) is 89.5 Å². The lowest BCUT2D eigenvalue weighted by atomic mass is 10.2. The van der Waals surface area contributed by atoms with Gasteiger partial charge in [0.05, 0.1) is 33.0 Å². The standard InChI is InChI=1S/C20H17NO5S2/c1-13-5-8-15(9-6-13)28(24,25)18-10-7-14(20(23)26-2)12-16(18)21-19(22)17-4-3-11-27-17/h3-12H,1-2H3,(H,21,22). The summed E-state index contributed by atoms with van der Waals surface area (Å²) in [6, 6.07) is 13.7. The van der Waals surface area contributed by atoms with Gasteiger partial charge < -0.3 is 10.1 Å². The van der Waals surface area contributed by atoms with E-state index < -0.39 is 21.7 Å². The summed E-state index contributed by atoms with van der Waals surface area (Å²) in [5.74, 6) is -1.09. The molecule has 2 aromatic carbocycles.